The molecule has 1 saturated heterocycles. The largest absolute Gasteiger partial charge is 0.481 e. The summed E-state index contributed by atoms with van der Waals surface area (Å²) in [5, 5.41) is 3.79. The molecule has 1 unspecified atom stereocenters. The van der Waals surface area contributed by atoms with Gasteiger partial charge < -0.3 is 19.9 Å². The maximum Gasteiger partial charge on any atom is 0.321 e. The van der Waals surface area contributed by atoms with Crippen molar-refractivity contribution in [3.05, 3.63) is 58.1 Å². The van der Waals surface area contributed by atoms with E-state index < -0.39 is 6.10 Å². The lowest BCUT2D eigenvalue weighted by Gasteiger charge is -2.35. The molecule has 1 aliphatic heterocycles. The highest BCUT2D eigenvalue weighted by atomic mass is 35.5. The molecule has 2 aromatic carbocycles. The molecule has 0 aromatic heterocycles. The molecule has 0 spiro atoms. The number of amides is 3. The number of nitrogens with one attached hydrogen (secondary N) is 1. The molecule has 0 saturated carbocycles. The number of nitrogens with zero attached hydrogens (tertiary/aromatic N) is 2. The monoisotopic (exact) mass is 435 g/mol. The van der Waals surface area contributed by atoms with Crippen LogP contribution in [-0.2, 0) is 4.79 Å². The Hall–Kier alpha value is -2.44. The van der Waals surface area contributed by atoms with Gasteiger partial charge in [-0.2, -0.15) is 0 Å². The molecule has 2 aromatic rings. The normalized spacial score (nSPS) is 15.0. The summed E-state index contributed by atoms with van der Waals surface area (Å²) >= 11 is 11.9. The van der Waals surface area contributed by atoms with Gasteiger partial charge in [-0.05, 0) is 49.7 Å². The maximum atomic E-state index is 12.7. The molecular weight excluding hydrogens is 413 g/mol. The lowest BCUT2D eigenvalue weighted by Crippen LogP contribution is -2.54. The number of piperazine rings is 1. The number of anilines is 1. The molecule has 8 heteroatoms. The fourth-order valence-electron chi connectivity index (χ4n) is 3.16. The molecular formula is C21H23Cl2N3O3. The third-order valence-corrected chi connectivity index (χ3v) is 5.08. The van der Waals surface area contributed by atoms with Gasteiger partial charge in [0.1, 0.15) is 5.75 Å². The zero-order valence-electron chi connectivity index (χ0n) is 16.3. The third-order valence-electron chi connectivity index (χ3n) is 4.64. The van der Waals surface area contributed by atoms with Gasteiger partial charge in [-0.1, -0.05) is 35.3 Å². The Balaban J connectivity index is 1.51. The number of hydrogen-bond acceptors (Lipinski definition) is 3. The van der Waals surface area contributed by atoms with Gasteiger partial charge in [0.25, 0.3) is 5.91 Å². The Kier molecular flexibility index (Phi) is 6.87. The average Bonchev–Trinajstić information content (AvgIpc) is 2.66. The Morgan fingerprint density at radius 3 is 2.24 bits per heavy atom. The molecule has 0 bridgehead atoms. The van der Waals surface area contributed by atoms with E-state index in [-0.39, 0.29) is 11.9 Å². The summed E-state index contributed by atoms with van der Waals surface area (Å²) in [6.07, 6.45) is -0.683. The Morgan fingerprint density at radius 1 is 1.00 bits per heavy atom. The molecule has 3 amide bonds. The fraction of sp³-hybridized carbons (Fsp3) is 0.333. The highest BCUT2D eigenvalue weighted by Crippen LogP contribution is 2.25. The zero-order valence-corrected chi connectivity index (χ0v) is 17.8. The van der Waals surface area contributed by atoms with Crippen molar-refractivity contribution < 1.29 is 14.3 Å². The van der Waals surface area contributed by atoms with Crippen LogP contribution in [0.15, 0.2) is 42.5 Å². The van der Waals surface area contributed by atoms with Crippen LogP contribution in [0.5, 0.6) is 5.75 Å². The number of ether oxygens (including phenoxy) is 1. The fourth-order valence-corrected chi connectivity index (χ4v) is 3.67. The molecule has 29 heavy (non-hydrogen) atoms. The van der Waals surface area contributed by atoms with Crippen molar-refractivity contribution in [3.63, 3.8) is 0 Å². The molecule has 3 rings (SSSR count). The van der Waals surface area contributed by atoms with Crippen LogP contribution < -0.4 is 10.1 Å². The second kappa shape index (κ2) is 9.37. The molecule has 1 aliphatic rings. The van der Waals surface area contributed by atoms with E-state index in [0.717, 1.165) is 11.3 Å². The number of hydrogen-bond donors (Lipinski definition) is 1. The predicted molar refractivity (Wildman–Crippen MR) is 115 cm³/mol. The van der Waals surface area contributed by atoms with Gasteiger partial charge in [-0.3, -0.25) is 4.79 Å². The highest BCUT2D eigenvalue weighted by molar-refractivity contribution is 6.34. The van der Waals surface area contributed by atoms with Gasteiger partial charge in [0.15, 0.2) is 6.10 Å². The summed E-state index contributed by atoms with van der Waals surface area (Å²) in [6, 6.07) is 12.3. The molecule has 6 nitrogen and oxygen atoms in total. The summed E-state index contributed by atoms with van der Waals surface area (Å²) in [4.78, 5) is 28.6. The standard InChI is InChI=1S/C21H23Cl2N3O3/c1-14-4-3-5-18(10-14)24-21(28)26-8-6-25(7-9-26)20(27)15(2)29-19-12-16(22)11-17(23)13-19/h3-5,10-13,15H,6-9H2,1-2H3,(H,24,28). The Bertz CT molecular complexity index is 878. The summed E-state index contributed by atoms with van der Waals surface area (Å²) < 4.78 is 5.70. The van der Waals surface area contributed by atoms with Crippen LogP contribution in [0.1, 0.15) is 12.5 Å². The summed E-state index contributed by atoms with van der Waals surface area (Å²) in [7, 11) is 0. The first-order chi connectivity index (χ1) is 13.8. The van der Waals surface area contributed by atoms with E-state index in [2.05, 4.69) is 5.32 Å². The highest BCUT2D eigenvalue weighted by Gasteiger charge is 2.28. The van der Waals surface area contributed by atoms with E-state index in [1.807, 2.05) is 31.2 Å². The van der Waals surface area contributed by atoms with Crippen molar-refractivity contribution >= 4 is 40.8 Å². The van der Waals surface area contributed by atoms with Gasteiger partial charge in [-0.25, -0.2) is 4.79 Å². The van der Waals surface area contributed by atoms with Gasteiger partial charge in [0, 0.05) is 41.9 Å². The number of halogens is 2. The summed E-state index contributed by atoms with van der Waals surface area (Å²) in [5.41, 5.74) is 1.84. The first-order valence-corrected chi connectivity index (χ1v) is 10.1. The van der Waals surface area contributed by atoms with Gasteiger partial charge in [-0.15, -0.1) is 0 Å². The number of carbonyl (C=O) groups excluding carboxylic acids is 2. The van der Waals surface area contributed by atoms with Crippen LogP contribution in [0.2, 0.25) is 10.0 Å². The van der Waals surface area contributed by atoms with Gasteiger partial charge in [0.2, 0.25) is 0 Å². The molecule has 0 radical (unpaired) electrons. The van der Waals surface area contributed by atoms with Crippen LogP contribution in [-0.4, -0.2) is 54.0 Å². The smallest absolute Gasteiger partial charge is 0.321 e. The van der Waals surface area contributed by atoms with E-state index in [4.69, 9.17) is 27.9 Å². The van der Waals surface area contributed by atoms with E-state index in [1.54, 1.807) is 34.9 Å². The van der Waals surface area contributed by atoms with Crippen LogP contribution in [0.4, 0.5) is 10.5 Å². The van der Waals surface area contributed by atoms with Crippen molar-refractivity contribution in [2.75, 3.05) is 31.5 Å². The quantitative estimate of drug-likeness (QED) is 0.771. The maximum absolute atomic E-state index is 12.7. The average molecular weight is 436 g/mol. The third kappa shape index (κ3) is 5.78. The lowest BCUT2D eigenvalue weighted by atomic mass is 10.2. The second-order valence-electron chi connectivity index (χ2n) is 6.98. The van der Waals surface area contributed by atoms with Crippen molar-refractivity contribution in [2.24, 2.45) is 0 Å². The molecule has 1 N–H and O–H groups in total. The SMILES string of the molecule is Cc1cccc(NC(=O)N2CCN(C(=O)C(C)Oc3cc(Cl)cc(Cl)c3)CC2)c1. The van der Waals surface area contributed by atoms with E-state index in [9.17, 15) is 9.59 Å². The van der Waals surface area contributed by atoms with E-state index in [0.29, 0.717) is 42.0 Å². The lowest BCUT2D eigenvalue weighted by molar-refractivity contribution is -0.139. The zero-order chi connectivity index (χ0) is 21.0. The minimum Gasteiger partial charge on any atom is -0.481 e. The summed E-state index contributed by atoms with van der Waals surface area (Å²) in [6.45, 7) is 5.47. The number of rotatable bonds is 4. The van der Waals surface area contributed by atoms with Crippen LogP contribution in [0.3, 0.4) is 0 Å². The Morgan fingerprint density at radius 2 is 1.62 bits per heavy atom. The van der Waals surface area contributed by atoms with Crippen LogP contribution >= 0.6 is 23.2 Å². The Labute approximate surface area is 180 Å². The van der Waals surface area contributed by atoms with Gasteiger partial charge in [0.05, 0.1) is 0 Å². The summed E-state index contributed by atoms with van der Waals surface area (Å²) in [5.74, 6) is 0.305. The molecule has 1 heterocycles. The van der Waals surface area contributed by atoms with Crippen molar-refractivity contribution in [2.45, 2.75) is 20.0 Å². The van der Waals surface area contributed by atoms with Crippen LogP contribution in [0.25, 0.3) is 0 Å². The first kappa shape index (κ1) is 21.3. The predicted octanol–water partition coefficient (Wildman–Crippen LogP) is 4.45. The molecule has 154 valence electrons. The number of aryl methyl sites for hydroxylation is 1. The van der Waals surface area contributed by atoms with Crippen molar-refractivity contribution in [1.29, 1.82) is 0 Å². The van der Waals surface area contributed by atoms with E-state index >= 15 is 0 Å². The van der Waals surface area contributed by atoms with E-state index in [1.165, 1.54) is 0 Å². The minimum absolute atomic E-state index is 0.139. The molecule has 1 fully saturated rings. The minimum atomic E-state index is -0.683. The topological polar surface area (TPSA) is 61.9 Å². The van der Waals surface area contributed by atoms with Crippen molar-refractivity contribution in [1.82, 2.24) is 9.80 Å². The number of urea groups is 1. The van der Waals surface area contributed by atoms with Gasteiger partial charge >= 0.3 is 6.03 Å². The second-order valence-corrected chi connectivity index (χ2v) is 7.85. The van der Waals surface area contributed by atoms with Crippen molar-refractivity contribution in [3.8, 4) is 5.75 Å². The number of benzene rings is 2. The van der Waals surface area contributed by atoms with Crippen LogP contribution in [0, 0.1) is 6.92 Å². The molecule has 1 atom stereocenters. The first-order valence-electron chi connectivity index (χ1n) is 9.36. The molecule has 0 aliphatic carbocycles. The number of carbonyl (C=O) groups is 2.